The second kappa shape index (κ2) is 19.0. The van der Waals surface area contributed by atoms with Gasteiger partial charge in [-0.3, -0.25) is 18.7 Å². The van der Waals surface area contributed by atoms with Crippen LogP contribution >= 0.6 is 0 Å². The Bertz CT molecular complexity index is 2210. The van der Waals surface area contributed by atoms with E-state index in [1.165, 1.54) is 23.4 Å². The number of nitrogens with two attached hydrogens (primary N) is 2. The summed E-state index contributed by atoms with van der Waals surface area (Å²) in [4.78, 5) is 69.8. The van der Waals surface area contributed by atoms with Gasteiger partial charge in [0.25, 0.3) is 0 Å². The second-order valence-electron chi connectivity index (χ2n) is 12.8. The number of fused-ring (bicyclic) bond motifs is 2. The highest BCUT2D eigenvalue weighted by atomic mass is 16.5. The number of aromatic amines is 2. The van der Waals surface area contributed by atoms with Gasteiger partial charge in [-0.1, -0.05) is 75.2 Å². The molecule has 0 aliphatic heterocycles. The number of benzene rings is 2. The van der Waals surface area contributed by atoms with Crippen molar-refractivity contribution in [3.05, 3.63) is 91.8 Å². The molecule has 2 aromatic carbocycles. The number of unbranched alkanes of at least 4 members (excludes halogenated alkanes) is 2. The predicted octanol–water partition coefficient (Wildman–Crippen LogP) is 3.29. The quantitative estimate of drug-likeness (QED) is 0.0815. The number of ether oxygens (including phenoxy) is 4. The number of H-pyrrole nitrogens is 2. The molecule has 4 aromatic heterocycles. The molecule has 0 aliphatic carbocycles. The topological polar surface area (TPSA) is 250 Å². The standard InChI is InChI=1S/2C19H23N5O4/c2*1-3-4-9-28-18-22-16(20)15-17(23-18)24(19(26)21-15)11-13-7-5-12(6-8-13)10-14(25)27-2/h2*5-8H,3-4,9-11H2,1-2H3,(H,21,26)(H2,20,22,23). The zero-order chi connectivity index (χ0) is 40.2. The molecule has 0 aliphatic rings. The summed E-state index contributed by atoms with van der Waals surface area (Å²) in [7, 11) is 2.71. The van der Waals surface area contributed by atoms with Gasteiger partial charge in [-0.25, -0.2) is 9.59 Å². The molecule has 6 N–H and O–H groups in total. The van der Waals surface area contributed by atoms with Gasteiger partial charge in [-0.2, -0.15) is 19.9 Å². The number of anilines is 2. The molecule has 18 heteroatoms. The third kappa shape index (κ3) is 10.3. The molecule has 0 unspecified atom stereocenters. The lowest BCUT2D eigenvalue weighted by atomic mass is 10.1. The summed E-state index contributed by atoms with van der Waals surface area (Å²) in [5.41, 5.74) is 16.2. The van der Waals surface area contributed by atoms with E-state index in [1.807, 2.05) is 48.5 Å². The highest BCUT2D eigenvalue weighted by molar-refractivity contribution is 5.82. The highest BCUT2D eigenvalue weighted by Crippen LogP contribution is 2.20. The van der Waals surface area contributed by atoms with Crippen LogP contribution in [0, 0.1) is 0 Å². The molecule has 6 aromatic rings. The Balaban J connectivity index is 0.000000214. The van der Waals surface area contributed by atoms with Crippen LogP contribution in [0.3, 0.4) is 0 Å². The summed E-state index contributed by atoms with van der Waals surface area (Å²) < 4.78 is 23.4. The summed E-state index contributed by atoms with van der Waals surface area (Å²) in [6.45, 7) is 5.67. The van der Waals surface area contributed by atoms with Gasteiger partial charge in [0.05, 0.1) is 53.4 Å². The Morgan fingerprint density at radius 2 is 0.964 bits per heavy atom. The van der Waals surface area contributed by atoms with E-state index < -0.39 is 0 Å². The van der Waals surface area contributed by atoms with Crippen LogP contribution in [0.1, 0.15) is 61.8 Å². The molecule has 0 saturated heterocycles. The number of esters is 2. The average molecular weight is 771 g/mol. The smallest absolute Gasteiger partial charge is 0.328 e. The van der Waals surface area contributed by atoms with Crippen LogP contribution in [-0.4, -0.2) is 78.4 Å². The minimum Gasteiger partial charge on any atom is -0.469 e. The van der Waals surface area contributed by atoms with Gasteiger partial charge in [0.1, 0.15) is 11.0 Å². The molecular weight excluding hydrogens is 724 g/mol. The van der Waals surface area contributed by atoms with E-state index in [9.17, 15) is 19.2 Å². The maximum atomic E-state index is 12.4. The van der Waals surface area contributed by atoms with Gasteiger partial charge < -0.3 is 40.4 Å². The van der Waals surface area contributed by atoms with Crippen LogP contribution in [-0.2, 0) is 45.0 Å². The van der Waals surface area contributed by atoms with Crippen molar-refractivity contribution in [1.29, 1.82) is 0 Å². The summed E-state index contributed by atoms with van der Waals surface area (Å²) in [6.07, 6.45) is 4.12. The second-order valence-corrected chi connectivity index (χ2v) is 12.8. The lowest BCUT2D eigenvalue weighted by Crippen LogP contribution is -2.18. The minimum atomic E-state index is -0.333. The molecule has 6 rings (SSSR count). The van der Waals surface area contributed by atoms with E-state index in [-0.39, 0.29) is 59.8 Å². The van der Waals surface area contributed by atoms with Crippen molar-refractivity contribution in [2.75, 3.05) is 38.9 Å². The first kappa shape index (κ1) is 40.5. The van der Waals surface area contributed by atoms with Crippen molar-refractivity contribution in [3.8, 4) is 12.0 Å². The van der Waals surface area contributed by atoms with Gasteiger partial charge in [-0.15, -0.1) is 0 Å². The number of hydrogen-bond donors (Lipinski definition) is 4. The fourth-order valence-corrected chi connectivity index (χ4v) is 5.47. The van der Waals surface area contributed by atoms with E-state index in [1.54, 1.807) is 0 Å². The highest BCUT2D eigenvalue weighted by Gasteiger charge is 2.17. The summed E-state index contributed by atoms with van der Waals surface area (Å²) >= 11 is 0. The van der Waals surface area contributed by atoms with Crippen LogP contribution in [0.4, 0.5) is 11.6 Å². The molecule has 296 valence electrons. The predicted molar refractivity (Wildman–Crippen MR) is 208 cm³/mol. The molecule has 4 heterocycles. The minimum absolute atomic E-state index is 0.152. The largest absolute Gasteiger partial charge is 0.469 e. The molecule has 18 nitrogen and oxygen atoms in total. The third-order valence-electron chi connectivity index (χ3n) is 8.60. The molecule has 56 heavy (non-hydrogen) atoms. The van der Waals surface area contributed by atoms with Crippen molar-refractivity contribution in [2.24, 2.45) is 0 Å². The first-order valence-electron chi connectivity index (χ1n) is 18.1. The Morgan fingerprint density at radius 1 is 0.607 bits per heavy atom. The summed E-state index contributed by atoms with van der Waals surface area (Å²) in [5.74, 6) is -0.270. The summed E-state index contributed by atoms with van der Waals surface area (Å²) in [6, 6.07) is 15.0. The van der Waals surface area contributed by atoms with E-state index >= 15 is 0 Å². The summed E-state index contributed by atoms with van der Waals surface area (Å²) in [5, 5.41) is 0. The molecule has 0 saturated carbocycles. The maximum Gasteiger partial charge on any atom is 0.328 e. The zero-order valence-electron chi connectivity index (χ0n) is 31.8. The van der Waals surface area contributed by atoms with Crippen molar-refractivity contribution >= 4 is 45.9 Å². The van der Waals surface area contributed by atoms with Crippen molar-refractivity contribution in [1.82, 2.24) is 39.0 Å². The lowest BCUT2D eigenvalue weighted by molar-refractivity contribution is -0.140. The fourth-order valence-electron chi connectivity index (χ4n) is 5.47. The van der Waals surface area contributed by atoms with E-state index in [0.29, 0.717) is 48.6 Å². The lowest BCUT2D eigenvalue weighted by Gasteiger charge is -2.07. The number of aromatic nitrogens is 8. The monoisotopic (exact) mass is 770 g/mol. The van der Waals surface area contributed by atoms with Crippen molar-refractivity contribution in [3.63, 3.8) is 0 Å². The molecule has 0 fully saturated rings. The molecular formula is C38H46N10O8. The number of nitrogen functional groups attached to an aromatic ring is 2. The van der Waals surface area contributed by atoms with E-state index in [0.717, 1.165) is 47.9 Å². The fraction of sp³-hybridized carbons (Fsp3) is 0.368. The SMILES string of the molecule is CCCCOc1nc(N)c2[nH]c(=O)n(Cc3ccc(CC(=O)OC)cc3)c2n1.CCCCOc1nc(N)c2[nH]c(=O)n(Cc3ccc(CC(=O)OC)cc3)c2n1. The van der Waals surface area contributed by atoms with E-state index in [2.05, 4.69) is 53.2 Å². The number of nitrogens with one attached hydrogen (secondary N) is 2. The molecule has 0 atom stereocenters. The van der Waals surface area contributed by atoms with Gasteiger partial charge >= 0.3 is 35.3 Å². The van der Waals surface area contributed by atoms with Crippen molar-refractivity contribution in [2.45, 2.75) is 65.5 Å². The number of hydrogen-bond acceptors (Lipinski definition) is 14. The van der Waals surface area contributed by atoms with Gasteiger partial charge in [0.2, 0.25) is 0 Å². The Kier molecular flexibility index (Phi) is 13.8. The molecule has 0 amide bonds. The Morgan fingerprint density at radius 3 is 1.30 bits per heavy atom. The number of carbonyl (C=O) groups excluding carboxylic acids is 2. The Labute approximate surface area is 321 Å². The van der Waals surface area contributed by atoms with Crippen LogP contribution in [0.2, 0.25) is 0 Å². The zero-order valence-corrected chi connectivity index (χ0v) is 31.8. The van der Waals surface area contributed by atoms with Crippen LogP contribution in [0.15, 0.2) is 58.1 Å². The Hall–Kier alpha value is -6.72. The number of imidazole rings is 2. The molecule has 0 radical (unpaired) electrons. The van der Waals surface area contributed by atoms with Gasteiger partial charge in [0, 0.05) is 0 Å². The van der Waals surface area contributed by atoms with Gasteiger partial charge in [-0.05, 0) is 35.1 Å². The molecule has 0 spiro atoms. The van der Waals surface area contributed by atoms with Crippen LogP contribution in [0.25, 0.3) is 22.3 Å². The molecule has 0 bridgehead atoms. The maximum absolute atomic E-state index is 12.4. The first-order chi connectivity index (χ1) is 27.0. The number of carbonyl (C=O) groups is 2. The van der Waals surface area contributed by atoms with Crippen molar-refractivity contribution < 1.29 is 28.5 Å². The first-order valence-corrected chi connectivity index (χ1v) is 18.1. The normalized spacial score (nSPS) is 10.9. The number of rotatable bonds is 16. The number of nitrogens with zero attached hydrogens (tertiary/aromatic N) is 6. The van der Waals surface area contributed by atoms with Crippen LogP contribution in [0.5, 0.6) is 12.0 Å². The average Bonchev–Trinajstić information content (AvgIpc) is 3.68. The van der Waals surface area contributed by atoms with E-state index in [4.69, 9.17) is 20.9 Å². The number of methoxy groups -OCH3 is 2. The van der Waals surface area contributed by atoms with Gasteiger partial charge in [0.15, 0.2) is 22.9 Å². The third-order valence-corrected chi connectivity index (χ3v) is 8.60. The van der Waals surface area contributed by atoms with Crippen LogP contribution < -0.4 is 32.3 Å².